The van der Waals surface area contributed by atoms with Crippen molar-refractivity contribution in [3.63, 3.8) is 0 Å². The number of halogens is 1. The molecule has 0 unspecified atom stereocenters. The van der Waals surface area contributed by atoms with E-state index in [4.69, 9.17) is 0 Å². The summed E-state index contributed by atoms with van der Waals surface area (Å²) in [5, 5.41) is 3.03. The zero-order chi connectivity index (χ0) is 21.5. The van der Waals surface area contributed by atoms with Crippen LogP contribution in [0.1, 0.15) is 27.9 Å². The average Bonchev–Trinajstić information content (AvgIpc) is 2.81. The van der Waals surface area contributed by atoms with Gasteiger partial charge in [0.1, 0.15) is 0 Å². The van der Waals surface area contributed by atoms with Gasteiger partial charge in [0.2, 0.25) is 0 Å². The van der Waals surface area contributed by atoms with Gasteiger partial charge in [-0.2, -0.15) is 0 Å². The van der Waals surface area contributed by atoms with Crippen molar-refractivity contribution in [2.45, 2.75) is 19.4 Å². The fourth-order valence-electron chi connectivity index (χ4n) is 3.78. The minimum atomic E-state index is -0.0304. The first kappa shape index (κ1) is 21.5. The third kappa shape index (κ3) is 6.16. The molecule has 0 saturated heterocycles. The second-order valence-corrected chi connectivity index (χ2v) is 8.82. The van der Waals surface area contributed by atoms with Crippen LogP contribution >= 0.6 is 15.9 Å². The van der Waals surface area contributed by atoms with Crippen LogP contribution in [-0.4, -0.2) is 30.4 Å². The topological polar surface area (TPSA) is 32.3 Å². The minimum Gasteiger partial charge on any atom is -0.352 e. The SMILES string of the molecule is O=C(NCCc1ccc(CN2CC=CCC2)cc1)c1ccc(-c2ccc(Br)cc2)cc1. The highest BCUT2D eigenvalue weighted by Gasteiger charge is 2.08. The molecular weight excluding hydrogens is 448 g/mol. The normalized spacial score (nSPS) is 13.8. The van der Waals surface area contributed by atoms with Crippen molar-refractivity contribution in [1.82, 2.24) is 10.2 Å². The average molecular weight is 475 g/mol. The molecule has 1 aliphatic heterocycles. The second-order valence-electron chi connectivity index (χ2n) is 7.90. The Bertz CT molecular complexity index is 1020. The molecule has 1 amide bonds. The largest absolute Gasteiger partial charge is 0.352 e. The Hall–Kier alpha value is -2.69. The molecule has 4 heteroatoms. The Labute approximate surface area is 192 Å². The lowest BCUT2D eigenvalue weighted by Gasteiger charge is -2.23. The van der Waals surface area contributed by atoms with Crippen molar-refractivity contribution in [2.24, 2.45) is 0 Å². The molecule has 1 aliphatic rings. The molecule has 3 aromatic rings. The molecule has 31 heavy (non-hydrogen) atoms. The van der Waals surface area contributed by atoms with Gasteiger partial charge in [-0.25, -0.2) is 0 Å². The highest BCUT2D eigenvalue weighted by Crippen LogP contribution is 2.22. The van der Waals surface area contributed by atoms with Gasteiger partial charge in [0.15, 0.2) is 0 Å². The maximum atomic E-state index is 12.5. The van der Waals surface area contributed by atoms with Crippen LogP contribution in [0.25, 0.3) is 11.1 Å². The predicted molar refractivity (Wildman–Crippen MR) is 131 cm³/mol. The molecule has 0 bridgehead atoms. The quantitative estimate of drug-likeness (QED) is 0.435. The molecule has 0 aromatic heterocycles. The van der Waals surface area contributed by atoms with Crippen LogP contribution in [0.2, 0.25) is 0 Å². The highest BCUT2D eigenvalue weighted by atomic mass is 79.9. The molecule has 0 radical (unpaired) electrons. The van der Waals surface area contributed by atoms with Crippen molar-refractivity contribution < 1.29 is 4.79 Å². The third-order valence-electron chi connectivity index (χ3n) is 5.60. The number of nitrogens with one attached hydrogen (secondary N) is 1. The molecule has 0 saturated carbocycles. The number of hydrogen-bond acceptors (Lipinski definition) is 2. The molecule has 3 nitrogen and oxygen atoms in total. The molecule has 1 heterocycles. The second kappa shape index (κ2) is 10.6. The van der Waals surface area contributed by atoms with E-state index in [-0.39, 0.29) is 5.91 Å². The van der Waals surface area contributed by atoms with Crippen LogP contribution in [0.3, 0.4) is 0 Å². The van der Waals surface area contributed by atoms with E-state index in [0.29, 0.717) is 12.1 Å². The first-order chi connectivity index (χ1) is 15.2. The van der Waals surface area contributed by atoms with Crippen molar-refractivity contribution in [3.8, 4) is 11.1 Å². The minimum absolute atomic E-state index is 0.0304. The standard InChI is InChI=1S/C27H27BrN2O/c28-26-14-12-24(13-15-26)23-8-10-25(11-9-23)27(31)29-17-16-21-4-6-22(7-5-21)20-30-18-2-1-3-19-30/h1-2,4-15H,3,16-20H2,(H,29,31). The van der Waals surface area contributed by atoms with Gasteiger partial charge in [0.05, 0.1) is 0 Å². The highest BCUT2D eigenvalue weighted by molar-refractivity contribution is 9.10. The van der Waals surface area contributed by atoms with Gasteiger partial charge >= 0.3 is 0 Å². The zero-order valence-electron chi connectivity index (χ0n) is 17.6. The number of carbonyl (C=O) groups is 1. The van der Waals surface area contributed by atoms with E-state index < -0.39 is 0 Å². The molecule has 0 atom stereocenters. The lowest BCUT2D eigenvalue weighted by Crippen LogP contribution is -2.26. The molecule has 3 aromatic carbocycles. The van der Waals surface area contributed by atoms with Crippen LogP contribution in [0.5, 0.6) is 0 Å². The number of benzene rings is 3. The molecule has 0 fully saturated rings. The van der Waals surface area contributed by atoms with E-state index in [0.717, 1.165) is 48.1 Å². The molecular formula is C27H27BrN2O. The molecule has 1 N–H and O–H groups in total. The van der Waals surface area contributed by atoms with E-state index in [9.17, 15) is 4.79 Å². The van der Waals surface area contributed by atoms with Gasteiger partial charge < -0.3 is 5.32 Å². The van der Waals surface area contributed by atoms with Crippen LogP contribution in [0, 0.1) is 0 Å². The first-order valence-corrected chi connectivity index (χ1v) is 11.6. The smallest absolute Gasteiger partial charge is 0.251 e. The van der Waals surface area contributed by atoms with E-state index in [2.05, 4.69) is 74.7 Å². The number of rotatable bonds is 7. The van der Waals surface area contributed by atoms with Crippen LogP contribution in [0.15, 0.2) is 89.4 Å². The lowest BCUT2D eigenvalue weighted by molar-refractivity contribution is 0.0954. The monoisotopic (exact) mass is 474 g/mol. The summed E-state index contributed by atoms with van der Waals surface area (Å²) in [5.41, 5.74) is 5.51. The molecule has 0 spiro atoms. The Morgan fingerprint density at radius 3 is 2.13 bits per heavy atom. The van der Waals surface area contributed by atoms with E-state index in [1.807, 2.05) is 36.4 Å². The van der Waals surface area contributed by atoms with Gasteiger partial charge in [0.25, 0.3) is 5.91 Å². The molecule has 4 rings (SSSR count). The van der Waals surface area contributed by atoms with Crippen molar-refractivity contribution >= 4 is 21.8 Å². The van der Waals surface area contributed by atoms with Crippen LogP contribution in [0.4, 0.5) is 0 Å². The summed E-state index contributed by atoms with van der Waals surface area (Å²) >= 11 is 3.46. The van der Waals surface area contributed by atoms with E-state index in [1.165, 1.54) is 11.1 Å². The number of nitrogens with zero attached hydrogens (tertiary/aromatic N) is 1. The summed E-state index contributed by atoms with van der Waals surface area (Å²) in [4.78, 5) is 14.9. The van der Waals surface area contributed by atoms with Crippen molar-refractivity contribution in [2.75, 3.05) is 19.6 Å². The van der Waals surface area contributed by atoms with Crippen molar-refractivity contribution in [3.05, 3.63) is 106 Å². The van der Waals surface area contributed by atoms with Gasteiger partial charge in [-0.1, -0.05) is 76.6 Å². The first-order valence-electron chi connectivity index (χ1n) is 10.8. The fraction of sp³-hybridized carbons (Fsp3) is 0.222. The Morgan fingerprint density at radius 1 is 0.839 bits per heavy atom. The number of carbonyl (C=O) groups excluding carboxylic acids is 1. The third-order valence-corrected chi connectivity index (χ3v) is 6.12. The van der Waals surface area contributed by atoms with Crippen LogP contribution < -0.4 is 5.32 Å². The maximum Gasteiger partial charge on any atom is 0.251 e. The Kier molecular flexibility index (Phi) is 7.34. The predicted octanol–water partition coefficient (Wildman–Crippen LogP) is 5.85. The summed E-state index contributed by atoms with van der Waals surface area (Å²) < 4.78 is 1.06. The van der Waals surface area contributed by atoms with Gasteiger partial charge in [-0.05, 0) is 59.4 Å². The zero-order valence-corrected chi connectivity index (χ0v) is 19.1. The Morgan fingerprint density at radius 2 is 1.48 bits per heavy atom. The van der Waals surface area contributed by atoms with Gasteiger partial charge in [-0.15, -0.1) is 0 Å². The van der Waals surface area contributed by atoms with Gasteiger partial charge in [0, 0.05) is 36.2 Å². The summed E-state index contributed by atoms with van der Waals surface area (Å²) in [7, 11) is 0. The van der Waals surface area contributed by atoms with Gasteiger partial charge in [-0.3, -0.25) is 9.69 Å². The molecule has 0 aliphatic carbocycles. The lowest BCUT2D eigenvalue weighted by atomic mass is 10.0. The van der Waals surface area contributed by atoms with Crippen molar-refractivity contribution in [1.29, 1.82) is 0 Å². The summed E-state index contributed by atoms with van der Waals surface area (Å²) in [6, 6.07) is 24.7. The summed E-state index contributed by atoms with van der Waals surface area (Å²) in [5.74, 6) is -0.0304. The summed E-state index contributed by atoms with van der Waals surface area (Å²) in [6.45, 7) is 3.80. The summed E-state index contributed by atoms with van der Waals surface area (Å²) in [6.07, 6.45) is 6.47. The van der Waals surface area contributed by atoms with Crippen LogP contribution in [-0.2, 0) is 13.0 Å². The van der Waals surface area contributed by atoms with E-state index in [1.54, 1.807) is 0 Å². The Balaban J connectivity index is 1.25. The van der Waals surface area contributed by atoms with E-state index >= 15 is 0 Å². The maximum absolute atomic E-state index is 12.5. The number of hydrogen-bond donors (Lipinski definition) is 1. The number of amides is 1. The fourth-order valence-corrected chi connectivity index (χ4v) is 4.05. The molecule has 158 valence electrons.